The van der Waals surface area contributed by atoms with Crippen LogP contribution in [-0.2, 0) is 25.2 Å². The molecule has 0 aromatic carbocycles. The van der Waals surface area contributed by atoms with Crippen LogP contribution in [0.3, 0.4) is 0 Å². The van der Waals surface area contributed by atoms with E-state index in [0.717, 1.165) is 12.8 Å². The summed E-state index contributed by atoms with van der Waals surface area (Å²) < 4.78 is -0.160. The topological polar surface area (TPSA) is 37.3 Å². The number of hydrogen-bond acceptors (Lipinski definition) is 1. The molecule has 0 amide bonds. The SMILES string of the molecule is CCCCCC[CH]([Ti])C(=O)O. The van der Waals surface area contributed by atoms with Crippen molar-refractivity contribution in [2.45, 2.75) is 43.3 Å². The van der Waals surface area contributed by atoms with Crippen LogP contribution in [0.1, 0.15) is 39.0 Å². The third-order valence-corrected chi connectivity index (χ3v) is 2.48. The summed E-state index contributed by atoms with van der Waals surface area (Å²) in [6.07, 6.45) is 5.50. The fourth-order valence-electron chi connectivity index (χ4n) is 0.899. The molecule has 3 heteroatoms. The molecule has 0 rings (SSSR count). The molecule has 0 saturated carbocycles. The van der Waals surface area contributed by atoms with Crippen LogP contribution in [0.2, 0.25) is 4.22 Å². The van der Waals surface area contributed by atoms with Crippen molar-refractivity contribution in [3.8, 4) is 0 Å². The van der Waals surface area contributed by atoms with Gasteiger partial charge in [0.15, 0.2) is 0 Å². The minimum atomic E-state index is -0.665. The van der Waals surface area contributed by atoms with Crippen LogP contribution >= 0.6 is 0 Å². The second-order valence-corrected chi connectivity index (χ2v) is 3.83. The number of carboxylic acids is 1. The predicted octanol–water partition coefficient (Wildman–Crippen LogP) is 2.38. The summed E-state index contributed by atoms with van der Waals surface area (Å²) >= 11 is 1.77. The van der Waals surface area contributed by atoms with Gasteiger partial charge >= 0.3 is 79.6 Å². The van der Waals surface area contributed by atoms with E-state index in [1.54, 1.807) is 20.4 Å². The first-order valence-electron chi connectivity index (χ1n) is 4.12. The first-order valence-corrected chi connectivity index (χ1v) is 5.02. The van der Waals surface area contributed by atoms with Gasteiger partial charge in [-0.05, 0) is 0 Å². The van der Waals surface area contributed by atoms with E-state index in [9.17, 15) is 4.79 Å². The van der Waals surface area contributed by atoms with Crippen LogP contribution in [-0.4, -0.2) is 11.1 Å². The van der Waals surface area contributed by atoms with Gasteiger partial charge in [0.2, 0.25) is 0 Å². The molecule has 0 fully saturated rings. The third kappa shape index (κ3) is 6.58. The summed E-state index contributed by atoms with van der Waals surface area (Å²) in [4.78, 5) is 10.4. The van der Waals surface area contributed by atoms with Crippen LogP contribution in [0.4, 0.5) is 0 Å². The molecule has 0 aliphatic rings. The molecule has 0 aliphatic carbocycles. The van der Waals surface area contributed by atoms with Crippen molar-refractivity contribution in [2.24, 2.45) is 0 Å². The van der Waals surface area contributed by atoms with Gasteiger partial charge in [-0.2, -0.15) is 0 Å². The standard InChI is InChI=1S/C8H15O2.Ti/c1-2-3-4-5-6-7-8(9)10;/h7H,2-6H2,1H3,(H,9,10);. The summed E-state index contributed by atoms with van der Waals surface area (Å²) in [7, 11) is 0. The molecule has 0 aromatic heterocycles. The van der Waals surface area contributed by atoms with Crippen LogP contribution in [0.5, 0.6) is 0 Å². The van der Waals surface area contributed by atoms with Crippen LogP contribution in [0.15, 0.2) is 0 Å². The monoisotopic (exact) mass is 191 g/mol. The Hall–Kier alpha value is 0.184. The number of unbranched alkanes of at least 4 members (excludes halogenated alkanes) is 3. The molecule has 0 radical (unpaired) electrons. The van der Waals surface area contributed by atoms with E-state index < -0.39 is 5.97 Å². The van der Waals surface area contributed by atoms with Crippen molar-refractivity contribution in [1.29, 1.82) is 0 Å². The Morgan fingerprint density at radius 1 is 1.45 bits per heavy atom. The molecule has 1 N–H and O–H groups in total. The molecular weight excluding hydrogens is 176 g/mol. The summed E-state index contributed by atoms with van der Waals surface area (Å²) in [5.41, 5.74) is 0. The number of hydrogen-bond donors (Lipinski definition) is 1. The number of rotatable bonds is 6. The van der Waals surface area contributed by atoms with E-state index in [0.29, 0.717) is 0 Å². The zero-order valence-corrected chi connectivity index (χ0v) is 8.53. The maximum atomic E-state index is 10.4. The second-order valence-electron chi connectivity index (χ2n) is 2.74. The Morgan fingerprint density at radius 2 is 2.09 bits per heavy atom. The van der Waals surface area contributed by atoms with Crippen molar-refractivity contribution >= 4 is 5.97 Å². The van der Waals surface area contributed by atoms with Gasteiger partial charge in [0.1, 0.15) is 0 Å². The van der Waals surface area contributed by atoms with Crippen LogP contribution in [0.25, 0.3) is 0 Å². The van der Waals surface area contributed by atoms with Gasteiger partial charge in [-0.25, -0.2) is 0 Å². The molecule has 0 bridgehead atoms. The number of carbonyl (C=O) groups is 1. The molecule has 0 heterocycles. The van der Waals surface area contributed by atoms with E-state index in [1.165, 1.54) is 19.3 Å². The van der Waals surface area contributed by atoms with Crippen molar-refractivity contribution in [2.75, 3.05) is 0 Å². The fourth-order valence-corrected chi connectivity index (χ4v) is 1.22. The van der Waals surface area contributed by atoms with E-state index in [1.807, 2.05) is 0 Å². The molecule has 0 saturated heterocycles. The molecule has 2 nitrogen and oxygen atoms in total. The van der Waals surface area contributed by atoms with Crippen molar-refractivity contribution < 1.29 is 30.3 Å². The maximum absolute atomic E-state index is 10.4. The molecule has 63 valence electrons. The summed E-state index contributed by atoms with van der Waals surface area (Å²) in [6.45, 7) is 2.15. The summed E-state index contributed by atoms with van der Waals surface area (Å²) in [5.74, 6) is -0.665. The van der Waals surface area contributed by atoms with E-state index in [2.05, 4.69) is 6.92 Å². The van der Waals surface area contributed by atoms with Gasteiger partial charge in [0.25, 0.3) is 0 Å². The Balaban J connectivity index is 3.17. The van der Waals surface area contributed by atoms with Crippen molar-refractivity contribution in [3.05, 3.63) is 0 Å². The van der Waals surface area contributed by atoms with Crippen LogP contribution < -0.4 is 0 Å². The van der Waals surface area contributed by atoms with Gasteiger partial charge in [-0.1, -0.05) is 0 Å². The van der Waals surface area contributed by atoms with E-state index in [4.69, 9.17) is 5.11 Å². The first-order chi connectivity index (χ1) is 5.18. The zero-order valence-electron chi connectivity index (χ0n) is 6.97. The van der Waals surface area contributed by atoms with Gasteiger partial charge < -0.3 is 0 Å². The molecule has 11 heavy (non-hydrogen) atoms. The quantitative estimate of drug-likeness (QED) is 0.516. The zero-order chi connectivity index (χ0) is 8.69. The van der Waals surface area contributed by atoms with Gasteiger partial charge in [0.05, 0.1) is 0 Å². The normalized spacial score (nSPS) is 12.7. The Kier molecular flexibility index (Phi) is 6.98. The van der Waals surface area contributed by atoms with Gasteiger partial charge in [0, 0.05) is 0 Å². The van der Waals surface area contributed by atoms with Crippen molar-refractivity contribution in [3.63, 3.8) is 0 Å². The van der Waals surface area contributed by atoms with Gasteiger partial charge in [-0.3, -0.25) is 0 Å². The summed E-state index contributed by atoms with van der Waals surface area (Å²) in [6, 6.07) is 0. The number of carboxylic acid groups (broad SMARTS) is 1. The molecule has 1 atom stereocenters. The molecule has 1 unspecified atom stereocenters. The Morgan fingerprint density at radius 3 is 2.55 bits per heavy atom. The minimum absolute atomic E-state index is 0.160. The Bertz CT molecular complexity index is 115. The molecular formula is C8H15O2Ti. The van der Waals surface area contributed by atoms with E-state index >= 15 is 0 Å². The first kappa shape index (κ1) is 11.2. The Labute approximate surface area is 79.8 Å². The average Bonchev–Trinajstić information content (AvgIpc) is 1.97. The van der Waals surface area contributed by atoms with Crippen LogP contribution in [0, 0.1) is 0 Å². The number of aliphatic carboxylic acids is 1. The average molecular weight is 191 g/mol. The van der Waals surface area contributed by atoms with Crippen molar-refractivity contribution in [1.82, 2.24) is 0 Å². The molecule has 0 aliphatic heterocycles. The predicted molar refractivity (Wildman–Crippen MR) is 40.1 cm³/mol. The molecule has 0 spiro atoms. The van der Waals surface area contributed by atoms with Gasteiger partial charge in [-0.15, -0.1) is 0 Å². The second kappa shape index (κ2) is 6.87. The third-order valence-electron chi connectivity index (χ3n) is 1.64. The summed E-state index contributed by atoms with van der Waals surface area (Å²) in [5, 5.41) is 8.54. The fraction of sp³-hybridized carbons (Fsp3) is 0.875. The van der Waals surface area contributed by atoms with E-state index in [-0.39, 0.29) is 4.22 Å². The molecule has 0 aromatic rings.